The van der Waals surface area contributed by atoms with Gasteiger partial charge in [0.1, 0.15) is 23.1 Å². The minimum Gasteiger partial charge on any atom is -0.496 e. The predicted octanol–water partition coefficient (Wildman–Crippen LogP) is 4.15. The Bertz CT molecular complexity index is 2070. The minimum atomic E-state index is -4.68. The van der Waals surface area contributed by atoms with E-state index in [9.17, 15) is 36.0 Å². The normalized spacial score (nSPS) is 23.9. The van der Waals surface area contributed by atoms with E-state index in [1.165, 1.54) is 18.1 Å². The molecule has 0 saturated heterocycles. The number of carbonyl (C=O) groups is 3. The number of hydrogen-bond donors (Lipinski definition) is 3. The summed E-state index contributed by atoms with van der Waals surface area (Å²) in [6.45, 7) is 3.54. The Labute approximate surface area is 304 Å². The molecule has 3 aromatic rings. The molecule has 2 saturated carbocycles. The van der Waals surface area contributed by atoms with Crippen molar-refractivity contribution in [2.75, 3.05) is 27.3 Å². The number of pyridine rings is 1. The summed E-state index contributed by atoms with van der Waals surface area (Å²) in [7, 11) is -0.931. The van der Waals surface area contributed by atoms with Crippen LogP contribution < -0.4 is 24.8 Å². The van der Waals surface area contributed by atoms with Crippen LogP contribution in [0.2, 0.25) is 0 Å². The zero-order valence-electron chi connectivity index (χ0n) is 29.7. The van der Waals surface area contributed by atoms with E-state index in [1.54, 1.807) is 33.0 Å². The number of benzene rings is 1. The number of nitrogens with one attached hydrogen (secondary N) is 3. The first-order chi connectivity index (χ1) is 25.0. The van der Waals surface area contributed by atoms with Gasteiger partial charge in [-0.05, 0) is 70.6 Å². The molecule has 2 aliphatic carbocycles. The Kier molecular flexibility index (Phi) is 10.1. The fourth-order valence-electron chi connectivity index (χ4n) is 6.28. The number of sulfonamides is 1. The van der Waals surface area contributed by atoms with Crippen molar-refractivity contribution in [1.29, 1.82) is 0 Å². The molecule has 53 heavy (non-hydrogen) atoms. The largest absolute Gasteiger partial charge is 0.496 e. The van der Waals surface area contributed by atoms with E-state index < -0.39 is 62.0 Å². The summed E-state index contributed by atoms with van der Waals surface area (Å²) in [5, 5.41) is 9.64. The maximum Gasteiger partial charge on any atom is 0.435 e. The standard InChI is InChI=1S/C35H42F3N7O7S/c1-21-25(51-4)11-10-23-26(19-28(40-29(21)23)45-17-12-27(42-45)35(36,37)38)52-18-13-24-30(46)41-34(31(47)43-53(49,50)33(2)14-15-33)20-22(34)9-7-5-6-8-16-44(3)32(48)39-24/h7,9-12,17,19,22,24H,5-6,8,13-16,18,20H2,1-4H3,(H,39,48)(H,41,46)(H,43,47)/b9-7-/t22-,24+,34-/m1/s1. The molecule has 3 N–H and O–H groups in total. The number of hydrogen-bond acceptors (Lipinski definition) is 9. The maximum absolute atomic E-state index is 14.0. The lowest BCUT2D eigenvalue weighted by Gasteiger charge is -2.26. The number of carbonyl (C=O) groups excluding carboxylic acids is 3. The summed E-state index contributed by atoms with van der Waals surface area (Å²) in [5.41, 5.74) is -1.68. The van der Waals surface area contributed by atoms with Gasteiger partial charge in [0.25, 0.3) is 5.91 Å². The molecule has 1 aliphatic heterocycles. The molecular formula is C35H42F3N7O7S. The van der Waals surface area contributed by atoms with Gasteiger partial charge in [0.15, 0.2) is 11.5 Å². The van der Waals surface area contributed by atoms with Crippen molar-refractivity contribution >= 4 is 38.8 Å². The van der Waals surface area contributed by atoms with E-state index >= 15 is 0 Å². The van der Waals surface area contributed by atoms with E-state index in [4.69, 9.17) is 9.47 Å². The molecule has 18 heteroatoms. The van der Waals surface area contributed by atoms with Crippen molar-refractivity contribution in [3.63, 3.8) is 0 Å². The van der Waals surface area contributed by atoms with Gasteiger partial charge < -0.3 is 25.0 Å². The number of aryl methyl sites for hydroxylation is 1. The Morgan fingerprint density at radius 3 is 2.58 bits per heavy atom. The van der Waals surface area contributed by atoms with Crippen molar-refractivity contribution in [3.05, 3.63) is 53.9 Å². The molecule has 2 fully saturated rings. The third kappa shape index (κ3) is 7.77. The molecule has 286 valence electrons. The van der Waals surface area contributed by atoms with Crippen LogP contribution in [0.5, 0.6) is 11.5 Å². The summed E-state index contributed by atoms with van der Waals surface area (Å²) >= 11 is 0. The number of methoxy groups -OCH3 is 1. The second-order valence-corrected chi connectivity index (χ2v) is 16.2. The lowest BCUT2D eigenvalue weighted by atomic mass is 10.1. The maximum atomic E-state index is 14.0. The van der Waals surface area contributed by atoms with E-state index in [0.29, 0.717) is 54.4 Å². The number of fused-ring (bicyclic) bond motifs is 2. The lowest BCUT2D eigenvalue weighted by molar-refractivity contribution is -0.141. The fraction of sp³-hybridized carbons (Fsp3) is 0.514. The highest BCUT2D eigenvalue weighted by molar-refractivity contribution is 7.91. The molecule has 3 atom stereocenters. The number of amides is 4. The van der Waals surface area contributed by atoms with Gasteiger partial charge in [0.2, 0.25) is 15.9 Å². The van der Waals surface area contributed by atoms with Crippen molar-refractivity contribution in [2.24, 2.45) is 5.92 Å². The highest BCUT2D eigenvalue weighted by Crippen LogP contribution is 2.47. The second kappa shape index (κ2) is 14.2. The van der Waals surface area contributed by atoms with Gasteiger partial charge in [-0.1, -0.05) is 12.2 Å². The van der Waals surface area contributed by atoms with Crippen molar-refractivity contribution in [3.8, 4) is 17.3 Å². The van der Waals surface area contributed by atoms with Crippen LogP contribution in [0, 0.1) is 12.8 Å². The number of allylic oxidation sites excluding steroid dienone is 1. The molecule has 2 aromatic heterocycles. The topological polar surface area (TPSA) is 174 Å². The molecule has 0 bridgehead atoms. The van der Waals surface area contributed by atoms with E-state index in [-0.39, 0.29) is 31.0 Å². The van der Waals surface area contributed by atoms with Gasteiger partial charge in [-0.3, -0.25) is 14.3 Å². The van der Waals surface area contributed by atoms with E-state index in [2.05, 4.69) is 25.4 Å². The minimum absolute atomic E-state index is 0.0285. The summed E-state index contributed by atoms with van der Waals surface area (Å²) in [5.74, 6) is -1.29. The van der Waals surface area contributed by atoms with Gasteiger partial charge in [0.05, 0.1) is 24.0 Å². The fourth-order valence-corrected chi connectivity index (χ4v) is 7.60. The highest BCUT2D eigenvalue weighted by Gasteiger charge is 2.62. The molecule has 0 unspecified atom stereocenters. The number of alkyl halides is 3. The Morgan fingerprint density at radius 2 is 1.91 bits per heavy atom. The number of nitrogens with zero attached hydrogens (tertiary/aromatic N) is 4. The number of halogens is 3. The average Bonchev–Trinajstić information content (AvgIpc) is 3.96. The highest BCUT2D eigenvalue weighted by atomic mass is 32.2. The average molecular weight is 762 g/mol. The van der Waals surface area contributed by atoms with Gasteiger partial charge >= 0.3 is 12.2 Å². The monoisotopic (exact) mass is 761 g/mol. The Balaban J connectivity index is 1.28. The zero-order valence-corrected chi connectivity index (χ0v) is 30.6. The molecule has 3 heterocycles. The molecule has 14 nitrogen and oxygen atoms in total. The zero-order chi connectivity index (χ0) is 38.3. The number of aromatic nitrogens is 3. The van der Waals surface area contributed by atoms with E-state index in [1.807, 2.05) is 12.2 Å². The van der Waals surface area contributed by atoms with Crippen LogP contribution in [0.3, 0.4) is 0 Å². The molecule has 0 radical (unpaired) electrons. The first-order valence-corrected chi connectivity index (χ1v) is 18.8. The van der Waals surface area contributed by atoms with E-state index in [0.717, 1.165) is 23.4 Å². The van der Waals surface area contributed by atoms with Crippen molar-refractivity contribution < 1.29 is 45.4 Å². The molecule has 0 spiro atoms. The first kappa shape index (κ1) is 37.9. The van der Waals surface area contributed by atoms with Crippen LogP contribution in [0.4, 0.5) is 18.0 Å². The van der Waals surface area contributed by atoms with Crippen LogP contribution in [0.25, 0.3) is 16.7 Å². The third-order valence-electron chi connectivity index (χ3n) is 10.2. The summed E-state index contributed by atoms with van der Waals surface area (Å²) in [6.07, 6.45) is 3.19. The van der Waals surface area contributed by atoms with Crippen molar-refractivity contribution in [2.45, 2.75) is 81.3 Å². The Morgan fingerprint density at radius 1 is 1.15 bits per heavy atom. The number of rotatable bonds is 9. The van der Waals surface area contributed by atoms with Crippen LogP contribution in [-0.2, 0) is 25.8 Å². The molecular weight excluding hydrogens is 719 g/mol. The van der Waals surface area contributed by atoms with Crippen LogP contribution in [-0.4, -0.2) is 89.6 Å². The molecule has 6 rings (SSSR count). The summed E-state index contributed by atoms with van der Waals surface area (Å²) in [4.78, 5) is 46.8. The summed E-state index contributed by atoms with van der Waals surface area (Å²) in [6, 6.07) is 3.86. The first-order valence-electron chi connectivity index (χ1n) is 17.3. The van der Waals surface area contributed by atoms with Gasteiger partial charge in [-0.15, -0.1) is 0 Å². The lowest BCUT2D eigenvalue weighted by Crippen LogP contribution is -2.58. The smallest absolute Gasteiger partial charge is 0.435 e. The van der Waals surface area contributed by atoms with Crippen molar-refractivity contribution in [1.82, 2.24) is 35.0 Å². The molecule has 1 aromatic carbocycles. The predicted molar refractivity (Wildman–Crippen MR) is 187 cm³/mol. The van der Waals surface area contributed by atoms with Crippen LogP contribution >= 0.6 is 0 Å². The van der Waals surface area contributed by atoms with Crippen LogP contribution in [0.1, 0.15) is 63.1 Å². The van der Waals surface area contributed by atoms with Crippen LogP contribution in [0.15, 0.2) is 42.6 Å². The summed E-state index contributed by atoms with van der Waals surface area (Å²) < 4.78 is 79.9. The third-order valence-corrected chi connectivity index (χ3v) is 12.3. The molecule has 3 aliphatic rings. The SMILES string of the molecule is COc1ccc2c(OCC[C@@H]3NC(=O)N(C)CCCC/C=C\[C@@H]4C[C@@]4(C(=O)NS(=O)(=O)C4(C)CC4)NC3=O)cc(-n3ccc(C(F)(F)F)n3)nc2c1C. The number of ether oxygens (including phenoxy) is 2. The number of urea groups is 1. The Hall–Kier alpha value is -4.87. The van der Waals surface area contributed by atoms with Gasteiger partial charge in [-0.25, -0.2) is 22.9 Å². The second-order valence-electron chi connectivity index (χ2n) is 14.1. The quantitative estimate of drug-likeness (QED) is 0.271. The van der Waals surface area contributed by atoms with Gasteiger partial charge in [0, 0.05) is 49.1 Å². The molecule has 4 amide bonds. The van der Waals surface area contributed by atoms with Gasteiger partial charge in [-0.2, -0.15) is 18.3 Å².